The van der Waals surface area contributed by atoms with Crippen LogP contribution in [0.2, 0.25) is 0 Å². The molecule has 0 saturated carbocycles. The summed E-state index contributed by atoms with van der Waals surface area (Å²) in [6, 6.07) is 5.76. The predicted molar refractivity (Wildman–Crippen MR) is 90.7 cm³/mol. The summed E-state index contributed by atoms with van der Waals surface area (Å²) in [5.41, 5.74) is 1.20. The van der Waals surface area contributed by atoms with Crippen LogP contribution in [-0.4, -0.2) is 69.5 Å². The van der Waals surface area contributed by atoms with Crippen molar-refractivity contribution in [3.05, 3.63) is 54.4 Å². The number of amides is 1. The summed E-state index contributed by atoms with van der Waals surface area (Å²) in [7, 11) is 0. The highest BCUT2D eigenvalue weighted by atomic mass is 16.5. The third-order valence-corrected chi connectivity index (χ3v) is 4.79. The molecule has 0 N–H and O–H groups in total. The molecule has 2 aliphatic heterocycles. The van der Waals surface area contributed by atoms with E-state index in [1.165, 1.54) is 5.56 Å². The first kappa shape index (κ1) is 16.1. The van der Waals surface area contributed by atoms with Crippen molar-refractivity contribution in [1.82, 2.24) is 24.8 Å². The van der Waals surface area contributed by atoms with Crippen molar-refractivity contribution < 1.29 is 9.53 Å². The van der Waals surface area contributed by atoms with Crippen molar-refractivity contribution in [2.45, 2.75) is 12.6 Å². The molecule has 4 heterocycles. The molecule has 2 atom stereocenters. The van der Waals surface area contributed by atoms with E-state index in [1.54, 1.807) is 24.7 Å². The van der Waals surface area contributed by atoms with Crippen molar-refractivity contribution in [2.24, 2.45) is 5.92 Å². The summed E-state index contributed by atoms with van der Waals surface area (Å²) in [6.45, 7) is 4.66. The highest BCUT2D eigenvalue weighted by Gasteiger charge is 2.39. The van der Waals surface area contributed by atoms with Gasteiger partial charge in [-0.05, 0) is 17.7 Å². The van der Waals surface area contributed by atoms with Crippen LogP contribution in [0.25, 0.3) is 0 Å². The standard InChI is InChI=1S/C18H21N5O2/c24-18(17-20-5-2-6-21-17)23-12-15-11-22(7-8-25-16(15)13-23)10-14-3-1-4-19-9-14/h1-6,9,15-16H,7-8,10-13H2/t15-,16+/m0/s1. The first-order valence-electron chi connectivity index (χ1n) is 8.59. The Kier molecular flexibility index (Phi) is 4.67. The SMILES string of the molecule is O=C(c1ncccn1)N1C[C@@H]2CN(Cc3cccnc3)CCO[C@@H]2C1. The number of hydrogen-bond acceptors (Lipinski definition) is 6. The molecule has 0 aromatic carbocycles. The maximum Gasteiger partial charge on any atom is 0.291 e. The number of aromatic nitrogens is 3. The molecule has 2 fully saturated rings. The summed E-state index contributed by atoms with van der Waals surface area (Å²) < 4.78 is 6.02. The molecule has 2 aromatic rings. The normalized spacial score (nSPS) is 23.9. The average Bonchev–Trinajstić information content (AvgIpc) is 2.96. The molecule has 2 saturated heterocycles. The molecule has 0 spiro atoms. The second-order valence-electron chi connectivity index (χ2n) is 6.55. The quantitative estimate of drug-likeness (QED) is 0.825. The number of fused-ring (bicyclic) bond motifs is 1. The highest BCUT2D eigenvalue weighted by molar-refractivity contribution is 5.90. The van der Waals surface area contributed by atoms with E-state index in [-0.39, 0.29) is 17.8 Å². The van der Waals surface area contributed by atoms with Crippen LogP contribution >= 0.6 is 0 Å². The van der Waals surface area contributed by atoms with Gasteiger partial charge in [0.15, 0.2) is 0 Å². The van der Waals surface area contributed by atoms with Gasteiger partial charge in [0.1, 0.15) is 0 Å². The van der Waals surface area contributed by atoms with E-state index in [2.05, 4.69) is 25.9 Å². The lowest BCUT2D eigenvalue weighted by atomic mass is 10.1. The van der Waals surface area contributed by atoms with Crippen molar-refractivity contribution in [1.29, 1.82) is 0 Å². The molecule has 0 bridgehead atoms. The van der Waals surface area contributed by atoms with Gasteiger partial charge in [0, 0.05) is 63.4 Å². The molecule has 4 rings (SSSR count). The molecule has 7 nitrogen and oxygen atoms in total. The van der Waals surface area contributed by atoms with Gasteiger partial charge < -0.3 is 9.64 Å². The second-order valence-corrected chi connectivity index (χ2v) is 6.55. The van der Waals surface area contributed by atoms with Crippen LogP contribution in [0.4, 0.5) is 0 Å². The van der Waals surface area contributed by atoms with Gasteiger partial charge in [-0.2, -0.15) is 0 Å². The van der Waals surface area contributed by atoms with Crippen LogP contribution in [-0.2, 0) is 11.3 Å². The lowest BCUT2D eigenvalue weighted by molar-refractivity contribution is 0.0480. The Labute approximate surface area is 146 Å². The first-order chi connectivity index (χ1) is 12.3. The van der Waals surface area contributed by atoms with Crippen molar-refractivity contribution in [3.63, 3.8) is 0 Å². The molecule has 7 heteroatoms. The van der Waals surface area contributed by atoms with Gasteiger partial charge >= 0.3 is 0 Å². The fourth-order valence-electron chi connectivity index (χ4n) is 3.57. The van der Waals surface area contributed by atoms with Crippen LogP contribution in [0.5, 0.6) is 0 Å². The fourth-order valence-corrected chi connectivity index (χ4v) is 3.57. The zero-order chi connectivity index (χ0) is 17.1. The van der Waals surface area contributed by atoms with Gasteiger partial charge in [-0.25, -0.2) is 9.97 Å². The lowest BCUT2D eigenvalue weighted by Gasteiger charge is -2.23. The van der Waals surface area contributed by atoms with Gasteiger partial charge in [-0.3, -0.25) is 14.7 Å². The van der Waals surface area contributed by atoms with Gasteiger partial charge in [0.25, 0.3) is 5.91 Å². The largest absolute Gasteiger partial charge is 0.375 e. The Morgan fingerprint density at radius 2 is 2.04 bits per heavy atom. The topological polar surface area (TPSA) is 71.5 Å². The molecule has 2 aromatic heterocycles. The summed E-state index contributed by atoms with van der Waals surface area (Å²) in [4.78, 5) is 29.1. The number of hydrogen-bond donors (Lipinski definition) is 0. The van der Waals surface area contributed by atoms with Crippen LogP contribution < -0.4 is 0 Å². The zero-order valence-electron chi connectivity index (χ0n) is 14.0. The Hall–Kier alpha value is -2.38. The third kappa shape index (κ3) is 3.67. The lowest BCUT2D eigenvalue weighted by Crippen LogP contribution is -2.34. The Morgan fingerprint density at radius 3 is 2.84 bits per heavy atom. The van der Waals surface area contributed by atoms with E-state index >= 15 is 0 Å². The molecule has 1 amide bonds. The van der Waals surface area contributed by atoms with Crippen LogP contribution in [0, 0.1) is 5.92 Å². The fraction of sp³-hybridized carbons (Fsp3) is 0.444. The maximum atomic E-state index is 12.6. The number of carbonyl (C=O) groups excluding carboxylic acids is 1. The Balaban J connectivity index is 1.41. The van der Waals surface area contributed by atoms with Gasteiger partial charge in [0.2, 0.25) is 5.82 Å². The third-order valence-electron chi connectivity index (χ3n) is 4.79. The molecule has 25 heavy (non-hydrogen) atoms. The predicted octanol–water partition coefficient (Wildman–Crippen LogP) is 0.845. The molecule has 0 aliphatic carbocycles. The maximum absolute atomic E-state index is 12.6. The number of nitrogens with zero attached hydrogens (tertiary/aromatic N) is 5. The summed E-state index contributed by atoms with van der Waals surface area (Å²) >= 11 is 0. The summed E-state index contributed by atoms with van der Waals surface area (Å²) in [6.07, 6.45) is 6.98. The molecule has 130 valence electrons. The minimum Gasteiger partial charge on any atom is -0.375 e. The van der Waals surface area contributed by atoms with Crippen molar-refractivity contribution >= 4 is 5.91 Å². The monoisotopic (exact) mass is 339 g/mol. The number of pyridine rings is 1. The van der Waals surface area contributed by atoms with E-state index in [0.29, 0.717) is 25.6 Å². The van der Waals surface area contributed by atoms with Gasteiger partial charge in [-0.1, -0.05) is 6.07 Å². The van der Waals surface area contributed by atoms with E-state index < -0.39 is 0 Å². The molecule has 0 radical (unpaired) electrons. The van der Waals surface area contributed by atoms with Gasteiger partial charge in [0.05, 0.1) is 12.7 Å². The minimum absolute atomic E-state index is 0.0894. The van der Waals surface area contributed by atoms with E-state index in [1.807, 2.05) is 17.2 Å². The smallest absolute Gasteiger partial charge is 0.291 e. The second kappa shape index (κ2) is 7.25. The Bertz CT molecular complexity index is 712. The highest BCUT2D eigenvalue weighted by Crippen LogP contribution is 2.25. The van der Waals surface area contributed by atoms with E-state index in [4.69, 9.17) is 4.74 Å². The number of rotatable bonds is 3. The number of ether oxygens (including phenoxy) is 1. The minimum atomic E-state index is -0.115. The van der Waals surface area contributed by atoms with Crippen molar-refractivity contribution in [3.8, 4) is 0 Å². The first-order valence-corrected chi connectivity index (χ1v) is 8.59. The molecule has 2 aliphatic rings. The van der Waals surface area contributed by atoms with E-state index in [9.17, 15) is 4.79 Å². The Morgan fingerprint density at radius 1 is 1.16 bits per heavy atom. The van der Waals surface area contributed by atoms with Crippen LogP contribution in [0.15, 0.2) is 43.0 Å². The average molecular weight is 339 g/mol. The number of likely N-dealkylation sites (tertiary alicyclic amines) is 1. The summed E-state index contributed by atoms with van der Waals surface area (Å²) in [5.74, 6) is 0.453. The molecule has 0 unspecified atom stereocenters. The zero-order valence-corrected chi connectivity index (χ0v) is 14.0. The van der Waals surface area contributed by atoms with Crippen LogP contribution in [0.3, 0.4) is 0 Å². The van der Waals surface area contributed by atoms with Gasteiger partial charge in [-0.15, -0.1) is 0 Å². The number of carbonyl (C=O) groups is 1. The van der Waals surface area contributed by atoms with E-state index in [0.717, 1.165) is 19.6 Å². The van der Waals surface area contributed by atoms with Crippen molar-refractivity contribution in [2.75, 3.05) is 32.8 Å². The molecular formula is C18H21N5O2. The molecular weight excluding hydrogens is 318 g/mol. The summed E-state index contributed by atoms with van der Waals surface area (Å²) in [5, 5.41) is 0. The van der Waals surface area contributed by atoms with Crippen LogP contribution in [0.1, 0.15) is 16.2 Å².